The zero-order chi connectivity index (χ0) is 25.8. The third kappa shape index (κ3) is 5.55. The van der Waals surface area contributed by atoms with Crippen LogP contribution in [0.4, 0.5) is 5.69 Å². The lowest BCUT2D eigenvalue weighted by Gasteiger charge is -2.12. The summed E-state index contributed by atoms with van der Waals surface area (Å²) < 4.78 is 12.4. The molecule has 5 rings (SSSR count). The second kappa shape index (κ2) is 10.9. The van der Waals surface area contributed by atoms with E-state index in [9.17, 15) is 14.7 Å². The Kier molecular flexibility index (Phi) is 7.30. The van der Waals surface area contributed by atoms with Gasteiger partial charge in [0.05, 0.1) is 5.69 Å². The Hall–Kier alpha value is -4.01. The van der Waals surface area contributed by atoms with E-state index in [1.807, 2.05) is 6.07 Å². The van der Waals surface area contributed by atoms with Crippen LogP contribution in [0.15, 0.2) is 42.5 Å². The van der Waals surface area contributed by atoms with Crippen molar-refractivity contribution in [3.63, 3.8) is 0 Å². The van der Waals surface area contributed by atoms with Gasteiger partial charge in [-0.05, 0) is 55.7 Å². The van der Waals surface area contributed by atoms with Gasteiger partial charge in [-0.3, -0.25) is 14.3 Å². The Bertz CT molecular complexity index is 1300. The third-order valence-corrected chi connectivity index (χ3v) is 6.90. The number of rotatable bonds is 9. The van der Waals surface area contributed by atoms with Crippen LogP contribution in [0.5, 0.6) is 17.2 Å². The SMILES string of the molecule is CCCCNC(=O)Cn1nc(-c2ccc(NC(=O)c3ccc4c(c3)OCO4)cc2O)cc1C1CCCC1. The van der Waals surface area contributed by atoms with E-state index < -0.39 is 0 Å². The molecule has 3 N–H and O–H groups in total. The number of nitrogens with zero attached hydrogens (tertiary/aromatic N) is 2. The molecule has 2 aliphatic rings. The number of ether oxygens (including phenoxy) is 2. The van der Waals surface area contributed by atoms with Crippen molar-refractivity contribution in [1.82, 2.24) is 15.1 Å². The van der Waals surface area contributed by atoms with Crippen LogP contribution in [0.2, 0.25) is 0 Å². The lowest BCUT2D eigenvalue weighted by Crippen LogP contribution is -2.29. The molecule has 0 bridgehead atoms. The summed E-state index contributed by atoms with van der Waals surface area (Å²) in [5, 5.41) is 21.3. The van der Waals surface area contributed by atoms with Crippen molar-refractivity contribution in [2.24, 2.45) is 0 Å². The van der Waals surface area contributed by atoms with Gasteiger partial charge in [-0.2, -0.15) is 5.10 Å². The summed E-state index contributed by atoms with van der Waals surface area (Å²) in [5.74, 6) is 1.10. The minimum absolute atomic E-state index is 0.00138. The molecule has 2 amide bonds. The molecule has 2 aromatic carbocycles. The summed E-state index contributed by atoms with van der Waals surface area (Å²) in [5.41, 5.74) is 3.05. The smallest absolute Gasteiger partial charge is 0.255 e. The van der Waals surface area contributed by atoms with Crippen LogP contribution in [0.25, 0.3) is 11.3 Å². The van der Waals surface area contributed by atoms with Crippen molar-refractivity contribution in [2.75, 3.05) is 18.7 Å². The molecule has 1 saturated carbocycles. The van der Waals surface area contributed by atoms with Crippen LogP contribution >= 0.6 is 0 Å². The molecular weight excluding hydrogens is 472 g/mol. The van der Waals surface area contributed by atoms with Gasteiger partial charge in [-0.15, -0.1) is 0 Å². The summed E-state index contributed by atoms with van der Waals surface area (Å²) in [6.07, 6.45) is 6.43. The maximum Gasteiger partial charge on any atom is 0.255 e. The first-order chi connectivity index (χ1) is 18.0. The van der Waals surface area contributed by atoms with E-state index in [-0.39, 0.29) is 30.9 Å². The van der Waals surface area contributed by atoms with Gasteiger partial charge in [0.15, 0.2) is 11.5 Å². The molecule has 0 atom stereocenters. The van der Waals surface area contributed by atoms with Crippen molar-refractivity contribution < 1.29 is 24.2 Å². The average Bonchev–Trinajstić information content (AvgIpc) is 3.65. The van der Waals surface area contributed by atoms with Crippen LogP contribution in [0, 0.1) is 0 Å². The van der Waals surface area contributed by atoms with Gasteiger partial charge >= 0.3 is 0 Å². The first-order valence-corrected chi connectivity index (χ1v) is 12.9. The average molecular weight is 505 g/mol. The number of aromatic hydroxyl groups is 1. The van der Waals surface area contributed by atoms with Gasteiger partial charge in [0.1, 0.15) is 12.3 Å². The maximum atomic E-state index is 12.7. The number of fused-ring (bicyclic) bond motifs is 1. The highest BCUT2D eigenvalue weighted by atomic mass is 16.7. The monoisotopic (exact) mass is 504 g/mol. The molecule has 1 aromatic heterocycles. The van der Waals surface area contributed by atoms with Gasteiger partial charge < -0.3 is 25.2 Å². The number of hydrogen-bond donors (Lipinski definition) is 3. The van der Waals surface area contributed by atoms with Crippen molar-refractivity contribution in [3.8, 4) is 28.5 Å². The largest absolute Gasteiger partial charge is 0.507 e. The van der Waals surface area contributed by atoms with Crippen LogP contribution in [0.3, 0.4) is 0 Å². The van der Waals surface area contributed by atoms with Crippen molar-refractivity contribution in [2.45, 2.75) is 57.9 Å². The minimum Gasteiger partial charge on any atom is -0.507 e. The Labute approximate surface area is 215 Å². The molecule has 194 valence electrons. The molecular formula is C28H32N4O5. The molecule has 3 aromatic rings. The zero-order valence-electron chi connectivity index (χ0n) is 21.0. The summed E-state index contributed by atoms with van der Waals surface area (Å²) in [7, 11) is 0. The Balaban J connectivity index is 1.33. The number of amides is 2. The number of benzene rings is 2. The second-order valence-electron chi connectivity index (χ2n) is 9.55. The molecule has 9 heteroatoms. The molecule has 0 unspecified atom stereocenters. The highest BCUT2D eigenvalue weighted by Crippen LogP contribution is 2.38. The quantitative estimate of drug-likeness (QED) is 0.360. The zero-order valence-corrected chi connectivity index (χ0v) is 21.0. The fourth-order valence-electron chi connectivity index (χ4n) is 4.90. The van der Waals surface area contributed by atoms with E-state index in [1.165, 1.54) is 6.07 Å². The fraction of sp³-hybridized carbons (Fsp3) is 0.393. The van der Waals surface area contributed by atoms with Crippen LogP contribution in [-0.2, 0) is 11.3 Å². The Morgan fingerprint density at radius 3 is 2.68 bits per heavy atom. The number of phenolic OH excluding ortho intramolecular Hbond substituents is 1. The first kappa shape index (κ1) is 24.7. The molecule has 9 nitrogen and oxygen atoms in total. The number of phenols is 1. The van der Waals surface area contributed by atoms with Crippen molar-refractivity contribution >= 4 is 17.5 Å². The van der Waals surface area contributed by atoms with Gasteiger partial charge in [0.25, 0.3) is 5.91 Å². The van der Waals surface area contributed by atoms with E-state index in [2.05, 4.69) is 17.6 Å². The lowest BCUT2D eigenvalue weighted by molar-refractivity contribution is -0.121. The Morgan fingerprint density at radius 1 is 1.08 bits per heavy atom. The van der Waals surface area contributed by atoms with Crippen LogP contribution in [0.1, 0.15) is 67.4 Å². The molecule has 37 heavy (non-hydrogen) atoms. The second-order valence-corrected chi connectivity index (χ2v) is 9.55. The summed E-state index contributed by atoms with van der Waals surface area (Å²) >= 11 is 0. The van der Waals surface area contributed by atoms with Gasteiger partial charge in [-0.1, -0.05) is 26.2 Å². The number of hydrogen-bond acceptors (Lipinski definition) is 6. The number of unbranched alkanes of at least 4 members (excludes halogenated alkanes) is 1. The number of carbonyl (C=O) groups excluding carboxylic acids is 2. The molecule has 0 saturated heterocycles. The summed E-state index contributed by atoms with van der Waals surface area (Å²) in [4.78, 5) is 25.2. The summed E-state index contributed by atoms with van der Waals surface area (Å²) in [6.45, 7) is 3.03. The predicted octanol–water partition coefficient (Wildman–Crippen LogP) is 4.81. The molecule has 2 heterocycles. The first-order valence-electron chi connectivity index (χ1n) is 12.9. The minimum atomic E-state index is -0.327. The molecule has 1 fully saturated rings. The molecule has 0 radical (unpaired) electrons. The normalized spacial score (nSPS) is 14.6. The topological polar surface area (TPSA) is 115 Å². The van der Waals surface area contributed by atoms with Crippen LogP contribution < -0.4 is 20.1 Å². The number of aromatic nitrogens is 2. The van der Waals surface area contributed by atoms with E-state index in [0.717, 1.165) is 44.2 Å². The van der Waals surface area contributed by atoms with Crippen molar-refractivity contribution in [1.29, 1.82) is 0 Å². The van der Waals surface area contributed by atoms with E-state index in [0.29, 0.717) is 46.5 Å². The van der Waals surface area contributed by atoms with Crippen LogP contribution in [-0.4, -0.2) is 40.0 Å². The molecule has 1 aliphatic carbocycles. The summed E-state index contributed by atoms with van der Waals surface area (Å²) in [6, 6.07) is 11.9. The van der Waals surface area contributed by atoms with Gasteiger partial charge in [-0.25, -0.2) is 0 Å². The highest BCUT2D eigenvalue weighted by Gasteiger charge is 2.24. The number of anilines is 1. The molecule has 1 aliphatic heterocycles. The van der Waals surface area contributed by atoms with E-state index >= 15 is 0 Å². The lowest BCUT2D eigenvalue weighted by atomic mass is 10.0. The third-order valence-electron chi connectivity index (χ3n) is 6.90. The maximum absolute atomic E-state index is 12.7. The highest BCUT2D eigenvalue weighted by molar-refractivity contribution is 6.05. The number of carbonyl (C=O) groups is 2. The fourth-order valence-corrected chi connectivity index (χ4v) is 4.90. The molecule has 0 spiro atoms. The predicted molar refractivity (Wildman–Crippen MR) is 139 cm³/mol. The van der Waals surface area contributed by atoms with Gasteiger partial charge in [0, 0.05) is 41.0 Å². The Morgan fingerprint density at radius 2 is 1.89 bits per heavy atom. The van der Waals surface area contributed by atoms with E-state index in [1.54, 1.807) is 35.0 Å². The number of nitrogens with one attached hydrogen (secondary N) is 2. The standard InChI is InChI=1S/C28H32N4O5/c1-2-3-12-29-27(34)16-32-23(18-6-4-5-7-18)15-22(31-32)21-10-9-20(14-24(21)33)30-28(35)19-8-11-25-26(13-19)37-17-36-25/h8-11,13-15,18,33H,2-7,12,16-17H2,1H3,(H,29,34)(H,30,35). The van der Waals surface area contributed by atoms with E-state index in [4.69, 9.17) is 14.6 Å². The van der Waals surface area contributed by atoms with Gasteiger partial charge in [0.2, 0.25) is 12.7 Å². The van der Waals surface area contributed by atoms with Crippen molar-refractivity contribution in [3.05, 3.63) is 53.7 Å².